The number of hydrogen-bond donors (Lipinski definition) is 2. The van der Waals surface area contributed by atoms with E-state index in [4.69, 9.17) is 0 Å². The second-order valence-electron chi connectivity index (χ2n) is 10.3. The van der Waals surface area contributed by atoms with Gasteiger partial charge in [0.25, 0.3) is 5.91 Å². The highest BCUT2D eigenvalue weighted by Gasteiger charge is 2.37. The molecule has 2 amide bonds. The minimum Gasteiger partial charge on any atom is -0.356 e. The first kappa shape index (κ1) is 28.6. The van der Waals surface area contributed by atoms with Crippen molar-refractivity contribution >= 4 is 17.5 Å². The number of fused-ring (bicyclic) bond motifs is 1. The molecule has 12 heteroatoms. The van der Waals surface area contributed by atoms with Crippen LogP contribution in [0.15, 0.2) is 24.5 Å². The van der Waals surface area contributed by atoms with E-state index < -0.39 is 23.7 Å². The molecule has 3 aromatic rings. The third kappa shape index (κ3) is 6.77. The van der Waals surface area contributed by atoms with Crippen molar-refractivity contribution in [3.8, 4) is 0 Å². The Kier molecular flexibility index (Phi) is 8.91. The summed E-state index contributed by atoms with van der Waals surface area (Å²) in [6.45, 7) is 7.22. The lowest BCUT2D eigenvalue weighted by molar-refractivity contribution is -0.139. The SMILES string of the molecule is CCC(C)CCCC(NC(=O)c1ccnn1CC)c1cn2nc(CC3CCCNC3=O)c(C(F)(F)F)cc2n1. The molecule has 0 aliphatic carbocycles. The van der Waals surface area contributed by atoms with Gasteiger partial charge in [0.15, 0.2) is 5.65 Å². The molecule has 0 aromatic carbocycles. The van der Waals surface area contributed by atoms with Crippen LogP contribution in [0.5, 0.6) is 0 Å². The minimum atomic E-state index is -4.65. The van der Waals surface area contributed by atoms with Gasteiger partial charge in [-0.15, -0.1) is 0 Å². The average molecular weight is 548 g/mol. The van der Waals surface area contributed by atoms with Gasteiger partial charge in [-0.1, -0.05) is 33.1 Å². The van der Waals surface area contributed by atoms with E-state index in [1.165, 1.54) is 4.52 Å². The number of halogens is 3. The molecular weight excluding hydrogens is 511 g/mol. The van der Waals surface area contributed by atoms with Gasteiger partial charge in [-0.2, -0.15) is 23.4 Å². The van der Waals surface area contributed by atoms with Gasteiger partial charge >= 0.3 is 6.18 Å². The summed E-state index contributed by atoms with van der Waals surface area (Å²) in [6, 6.07) is 2.09. The number of amides is 2. The van der Waals surface area contributed by atoms with Gasteiger partial charge in [0.05, 0.1) is 29.2 Å². The van der Waals surface area contributed by atoms with Gasteiger partial charge in [-0.3, -0.25) is 14.3 Å². The van der Waals surface area contributed by atoms with Crippen molar-refractivity contribution in [1.82, 2.24) is 35.0 Å². The molecule has 3 aromatic heterocycles. The third-order valence-electron chi connectivity index (χ3n) is 7.49. The van der Waals surface area contributed by atoms with Crippen LogP contribution >= 0.6 is 0 Å². The molecule has 3 atom stereocenters. The molecule has 1 fully saturated rings. The summed E-state index contributed by atoms with van der Waals surface area (Å²) in [5, 5.41) is 14.2. The minimum absolute atomic E-state index is 0.0361. The van der Waals surface area contributed by atoms with Crippen molar-refractivity contribution < 1.29 is 22.8 Å². The number of nitrogens with one attached hydrogen (secondary N) is 2. The maximum atomic E-state index is 14.0. The Bertz CT molecular complexity index is 1300. The normalized spacial score (nSPS) is 17.7. The van der Waals surface area contributed by atoms with Crippen LogP contribution in [-0.4, -0.2) is 42.7 Å². The lowest BCUT2D eigenvalue weighted by Gasteiger charge is -2.22. The molecule has 2 N–H and O–H groups in total. The largest absolute Gasteiger partial charge is 0.418 e. The lowest BCUT2D eigenvalue weighted by atomic mass is 9.92. The van der Waals surface area contributed by atoms with Crippen LogP contribution in [0.2, 0.25) is 0 Å². The van der Waals surface area contributed by atoms with Crippen molar-refractivity contribution in [2.24, 2.45) is 11.8 Å². The third-order valence-corrected chi connectivity index (χ3v) is 7.49. The van der Waals surface area contributed by atoms with Gasteiger partial charge in [0, 0.05) is 31.6 Å². The summed E-state index contributed by atoms with van der Waals surface area (Å²) in [7, 11) is 0. The Hall–Kier alpha value is -3.44. The van der Waals surface area contributed by atoms with E-state index in [-0.39, 0.29) is 29.6 Å². The second-order valence-corrected chi connectivity index (χ2v) is 10.3. The Morgan fingerprint density at radius 1 is 1.28 bits per heavy atom. The summed E-state index contributed by atoms with van der Waals surface area (Å²) in [5.41, 5.74) is -0.212. The summed E-state index contributed by atoms with van der Waals surface area (Å²) in [6.07, 6.45) is 2.96. The Morgan fingerprint density at radius 2 is 2.08 bits per heavy atom. The molecule has 0 spiro atoms. The number of carbonyl (C=O) groups is 2. The topological polar surface area (TPSA) is 106 Å². The average Bonchev–Trinajstić information content (AvgIpc) is 3.55. The van der Waals surface area contributed by atoms with Gasteiger partial charge in [0.2, 0.25) is 5.91 Å². The number of rotatable bonds is 11. The number of hydrogen-bond acceptors (Lipinski definition) is 5. The zero-order valence-corrected chi connectivity index (χ0v) is 22.6. The molecule has 0 saturated carbocycles. The van der Waals surface area contributed by atoms with Crippen LogP contribution in [0, 0.1) is 11.8 Å². The van der Waals surface area contributed by atoms with Gasteiger partial charge in [-0.25, -0.2) is 9.50 Å². The van der Waals surface area contributed by atoms with Crippen molar-refractivity contribution in [1.29, 1.82) is 0 Å². The number of aryl methyl sites for hydroxylation is 1. The molecule has 3 unspecified atom stereocenters. The van der Waals surface area contributed by atoms with Gasteiger partial charge in [-0.05, 0) is 44.2 Å². The first-order valence-corrected chi connectivity index (χ1v) is 13.7. The molecule has 4 rings (SSSR count). The van der Waals surface area contributed by atoms with Crippen LogP contribution in [0.25, 0.3) is 5.65 Å². The molecule has 9 nitrogen and oxygen atoms in total. The fraction of sp³-hybridized carbons (Fsp3) is 0.593. The summed E-state index contributed by atoms with van der Waals surface area (Å²) >= 11 is 0. The zero-order valence-electron chi connectivity index (χ0n) is 22.6. The molecule has 39 heavy (non-hydrogen) atoms. The standard InChI is InChI=1S/C27H36F3N7O2/c1-4-17(3)8-6-10-20(34-26(39)23-11-13-32-36(23)5-2)22-16-37-24(33-22)15-19(27(28,29)30)21(35-37)14-18-9-7-12-31-25(18)38/h11,13,15-18,20H,4-10,12,14H2,1-3H3,(H,31,38)(H,34,39). The number of imidazole rings is 1. The zero-order chi connectivity index (χ0) is 28.2. The van der Waals surface area contributed by atoms with E-state index in [1.54, 1.807) is 23.1 Å². The first-order valence-electron chi connectivity index (χ1n) is 13.7. The number of aromatic nitrogens is 5. The fourth-order valence-electron chi connectivity index (χ4n) is 4.98. The smallest absolute Gasteiger partial charge is 0.356 e. The van der Waals surface area contributed by atoms with Crippen LogP contribution < -0.4 is 10.6 Å². The maximum absolute atomic E-state index is 14.0. The van der Waals surface area contributed by atoms with Crippen molar-refractivity contribution in [3.63, 3.8) is 0 Å². The number of alkyl halides is 3. The molecule has 0 radical (unpaired) electrons. The highest BCUT2D eigenvalue weighted by Crippen LogP contribution is 2.34. The Balaban J connectivity index is 1.66. The monoisotopic (exact) mass is 547 g/mol. The highest BCUT2D eigenvalue weighted by atomic mass is 19.4. The fourth-order valence-corrected chi connectivity index (χ4v) is 4.98. The summed E-state index contributed by atoms with van der Waals surface area (Å²) in [5.74, 6) is -0.630. The molecule has 0 bridgehead atoms. The number of piperidine rings is 1. The molecule has 1 aliphatic rings. The van der Waals surface area contributed by atoms with Crippen molar-refractivity contribution in [3.05, 3.63) is 47.2 Å². The van der Waals surface area contributed by atoms with Crippen LogP contribution in [0.4, 0.5) is 13.2 Å². The van der Waals surface area contributed by atoms with E-state index in [0.717, 1.165) is 25.3 Å². The van der Waals surface area contributed by atoms with E-state index in [0.29, 0.717) is 49.7 Å². The Labute approximate surface area is 225 Å². The molecule has 1 saturated heterocycles. The van der Waals surface area contributed by atoms with E-state index in [9.17, 15) is 22.8 Å². The predicted molar refractivity (Wildman–Crippen MR) is 139 cm³/mol. The van der Waals surface area contributed by atoms with Crippen LogP contribution in [0.1, 0.15) is 92.8 Å². The maximum Gasteiger partial charge on any atom is 0.418 e. The van der Waals surface area contributed by atoms with E-state index >= 15 is 0 Å². The summed E-state index contributed by atoms with van der Waals surface area (Å²) in [4.78, 5) is 29.8. The van der Waals surface area contributed by atoms with Crippen LogP contribution in [0.3, 0.4) is 0 Å². The van der Waals surface area contributed by atoms with E-state index in [2.05, 4.69) is 39.7 Å². The molecule has 4 heterocycles. The molecule has 212 valence electrons. The Morgan fingerprint density at radius 3 is 2.77 bits per heavy atom. The molecular formula is C27H36F3N7O2. The predicted octanol–water partition coefficient (Wildman–Crippen LogP) is 4.72. The van der Waals surface area contributed by atoms with Gasteiger partial charge in [0.1, 0.15) is 5.69 Å². The molecule has 1 aliphatic heterocycles. The lowest BCUT2D eigenvalue weighted by Crippen LogP contribution is -2.38. The number of nitrogens with zero attached hydrogens (tertiary/aromatic N) is 5. The van der Waals surface area contributed by atoms with Crippen molar-refractivity contribution in [2.75, 3.05) is 6.54 Å². The van der Waals surface area contributed by atoms with Crippen molar-refractivity contribution in [2.45, 2.75) is 84.5 Å². The summed E-state index contributed by atoms with van der Waals surface area (Å²) < 4.78 is 45.0. The quantitative estimate of drug-likeness (QED) is 0.361. The first-order chi connectivity index (χ1) is 18.6. The van der Waals surface area contributed by atoms with Gasteiger partial charge < -0.3 is 10.6 Å². The van der Waals surface area contributed by atoms with Crippen LogP contribution in [-0.2, 0) is 23.9 Å². The highest BCUT2D eigenvalue weighted by molar-refractivity contribution is 5.92. The van der Waals surface area contributed by atoms with E-state index in [1.807, 2.05) is 6.92 Å². The second kappa shape index (κ2) is 12.2. The number of carbonyl (C=O) groups excluding carboxylic acids is 2.